The molecule has 6 rings (SSSR count). The fourth-order valence-electron chi connectivity index (χ4n) is 13.2. The summed E-state index contributed by atoms with van der Waals surface area (Å²) in [5, 5.41) is 0. The van der Waals surface area contributed by atoms with Crippen LogP contribution in [0, 0.1) is 56.7 Å². The fourth-order valence-corrected chi connectivity index (χ4v) is 16.1. The van der Waals surface area contributed by atoms with Crippen molar-refractivity contribution >= 4 is 14.3 Å². The Morgan fingerprint density at radius 2 is 1.52 bits per heavy atom. The third-order valence-electron chi connectivity index (χ3n) is 16.1. The van der Waals surface area contributed by atoms with Crippen LogP contribution in [0.25, 0.3) is 0 Å². The molecule has 3 unspecified atom stereocenters. The van der Waals surface area contributed by atoms with Gasteiger partial charge >= 0.3 is 5.97 Å². The first kappa shape index (κ1) is 29.7. The normalized spacial score (nSPS) is 52.5. The molecular formula is C35H60O4Si. The molecule has 5 heteroatoms. The lowest BCUT2D eigenvalue weighted by Gasteiger charge is -2.64. The topological polar surface area (TPSA) is 44.8 Å². The number of hydrogen-bond donors (Lipinski definition) is 0. The van der Waals surface area contributed by atoms with Gasteiger partial charge in [-0.15, -0.1) is 0 Å². The van der Waals surface area contributed by atoms with Crippen LogP contribution in [0.2, 0.25) is 18.1 Å². The van der Waals surface area contributed by atoms with Crippen molar-refractivity contribution in [2.24, 2.45) is 56.7 Å². The van der Waals surface area contributed by atoms with Gasteiger partial charge in [-0.2, -0.15) is 0 Å². The summed E-state index contributed by atoms with van der Waals surface area (Å²) in [7, 11) is -0.415. The third-order valence-corrected chi connectivity index (χ3v) is 20.7. The zero-order valence-electron chi connectivity index (χ0n) is 27.5. The van der Waals surface area contributed by atoms with Crippen molar-refractivity contribution in [2.45, 2.75) is 150 Å². The zero-order valence-corrected chi connectivity index (χ0v) is 28.5. The van der Waals surface area contributed by atoms with Crippen LogP contribution in [0.4, 0.5) is 0 Å². The largest absolute Gasteiger partial charge is 0.467 e. The summed E-state index contributed by atoms with van der Waals surface area (Å²) in [6, 6.07) is 3.47. The highest BCUT2D eigenvalue weighted by Gasteiger charge is 2.84. The minimum absolute atomic E-state index is 0.00947. The van der Waals surface area contributed by atoms with E-state index in [4.69, 9.17) is 13.9 Å². The van der Waals surface area contributed by atoms with E-state index < -0.39 is 14.4 Å². The second kappa shape index (κ2) is 9.30. The summed E-state index contributed by atoms with van der Waals surface area (Å²) in [5.41, 5.74) is 1.70. The van der Waals surface area contributed by atoms with Crippen LogP contribution in [0.1, 0.15) is 114 Å². The molecule has 0 aromatic heterocycles. The van der Waals surface area contributed by atoms with E-state index >= 15 is 0 Å². The van der Waals surface area contributed by atoms with E-state index in [-0.39, 0.29) is 29.0 Å². The highest BCUT2D eigenvalue weighted by atomic mass is 28.4. The standard InChI is InChI=1S/C35H60O4Si/c1-11-40(12-2,13-3)39-29-28-27(22(4)20-24(38-28)30(36)37-10)32(8)18-19-35-21-34(35)17-16-23(5)31(6,7)25(34)14-15-26(35)33(29,32)9/h22-29H,11-21H2,1-10H3/t22?,23-,24+,25-,26-,27?,28-,29-,32+,33+,34?,35-/m0/s1. The quantitative estimate of drug-likeness (QED) is 0.236. The van der Waals surface area contributed by atoms with Crippen molar-refractivity contribution in [3.63, 3.8) is 0 Å². The molecule has 0 N–H and O–H groups in total. The molecule has 1 aliphatic heterocycles. The molecule has 228 valence electrons. The number of methoxy groups -OCH3 is 1. The molecule has 0 aromatic carbocycles. The lowest BCUT2D eigenvalue weighted by atomic mass is 9.41. The molecule has 2 spiro atoms. The molecule has 0 bridgehead atoms. The molecule has 40 heavy (non-hydrogen) atoms. The first-order chi connectivity index (χ1) is 18.8. The van der Waals surface area contributed by atoms with Crippen molar-refractivity contribution in [1.82, 2.24) is 0 Å². The Labute approximate surface area is 246 Å². The maximum absolute atomic E-state index is 12.9. The van der Waals surface area contributed by atoms with E-state index in [0.29, 0.717) is 34.0 Å². The van der Waals surface area contributed by atoms with Gasteiger partial charge in [-0.05, 0) is 121 Å². The van der Waals surface area contributed by atoms with Gasteiger partial charge in [-0.3, -0.25) is 0 Å². The molecule has 5 aliphatic carbocycles. The lowest BCUT2D eigenvalue weighted by molar-refractivity contribution is -0.180. The number of carbonyl (C=O) groups excluding carboxylic acids is 1. The van der Waals surface area contributed by atoms with Crippen LogP contribution < -0.4 is 0 Å². The molecular weight excluding hydrogens is 512 g/mol. The van der Waals surface area contributed by atoms with Crippen LogP contribution in [0.3, 0.4) is 0 Å². The van der Waals surface area contributed by atoms with E-state index in [0.717, 1.165) is 36.4 Å². The zero-order chi connectivity index (χ0) is 29.1. The van der Waals surface area contributed by atoms with Crippen molar-refractivity contribution in [3.05, 3.63) is 0 Å². The summed E-state index contributed by atoms with van der Waals surface area (Å²) in [4.78, 5) is 12.9. The van der Waals surface area contributed by atoms with Crippen LogP contribution in [-0.2, 0) is 18.7 Å². The molecule has 0 radical (unpaired) electrons. The Kier molecular flexibility index (Phi) is 6.90. The van der Waals surface area contributed by atoms with Gasteiger partial charge in [-0.25, -0.2) is 4.79 Å². The highest BCUT2D eigenvalue weighted by molar-refractivity contribution is 6.73. The van der Waals surface area contributed by atoms with E-state index in [2.05, 4.69) is 62.3 Å². The smallest absolute Gasteiger partial charge is 0.334 e. The Morgan fingerprint density at radius 3 is 2.15 bits per heavy atom. The van der Waals surface area contributed by atoms with Crippen molar-refractivity contribution in [1.29, 1.82) is 0 Å². The van der Waals surface area contributed by atoms with Gasteiger partial charge in [0.1, 0.15) is 0 Å². The molecule has 1 heterocycles. The number of hydrogen-bond acceptors (Lipinski definition) is 4. The van der Waals surface area contributed by atoms with Crippen LogP contribution >= 0.6 is 0 Å². The highest BCUT2D eigenvalue weighted by Crippen LogP contribution is 2.89. The predicted octanol–water partition coefficient (Wildman–Crippen LogP) is 8.64. The molecule has 5 saturated carbocycles. The second-order valence-electron chi connectivity index (χ2n) is 16.8. The number of fused-ring (bicyclic) bond motifs is 4. The van der Waals surface area contributed by atoms with Gasteiger partial charge in [0.05, 0.1) is 19.3 Å². The molecule has 6 aliphatic rings. The number of ether oxygens (including phenoxy) is 2. The molecule has 0 amide bonds. The van der Waals surface area contributed by atoms with Gasteiger partial charge < -0.3 is 13.9 Å². The Bertz CT molecular complexity index is 1010. The average molecular weight is 573 g/mol. The molecule has 1 saturated heterocycles. The van der Waals surface area contributed by atoms with Gasteiger partial charge in [-0.1, -0.05) is 62.3 Å². The van der Waals surface area contributed by atoms with E-state index in [1.165, 1.54) is 52.1 Å². The molecule has 6 fully saturated rings. The number of esters is 1. The predicted molar refractivity (Wildman–Crippen MR) is 163 cm³/mol. The van der Waals surface area contributed by atoms with Crippen LogP contribution in [-0.4, -0.2) is 39.7 Å². The van der Waals surface area contributed by atoms with Gasteiger partial charge in [0, 0.05) is 5.41 Å². The molecule has 4 nitrogen and oxygen atoms in total. The number of rotatable bonds is 6. The second-order valence-corrected chi connectivity index (χ2v) is 21.5. The third kappa shape index (κ3) is 3.41. The maximum Gasteiger partial charge on any atom is 0.334 e. The van der Waals surface area contributed by atoms with Gasteiger partial charge in [0.15, 0.2) is 14.4 Å². The van der Waals surface area contributed by atoms with Gasteiger partial charge in [0.2, 0.25) is 0 Å². The lowest BCUT2D eigenvalue weighted by Crippen LogP contribution is -2.60. The minimum Gasteiger partial charge on any atom is -0.467 e. The van der Waals surface area contributed by atoms with Crippen molar-refractivity contribution in [2.75, 3.05) is 7.11 Å². The first-order valence-electron chi connectivity index (χ1n) is 17.2. The minimum atomic E-state index is -1.93. The average Bonchev–Trinajstić information content (AvgIpc) is 3.56. The first-order valence-corrected chi connectivity index (χ1v) is 19.7. The van der Waals surface area contributed by atoms with Crippen LogP contribution in [0.15, 0.2) is 0 Å². The van der Waals surface area contributed by atoms with E-state index in [1.54, 1.807) is 0 Å². The summed E-state index contributed by atoms with van der Waals surface area (Å²) in [6.45, 7) is 22.5. The summed E-state index contributed by atoms with van der Waals surface area (Å²) < 4.78 is 19.9. The Morgan fingerprint density at radius 1 is 0.900 bits per heavy atom. The summed E-state index contributed by atoms with van der Waals surface area (Å²) >= 11 is 0. The Hall–Kier alpha value is -0.393. The van der Waals surface area contributed by atoms with Crippen molar-refractivity contribution < 1.29 is 18.7 Å². The summed E-state index contributed by atoms with van der Waals surface area (Å²) in [5.74, 6) is 3.05. The maximum atomic E-state index is 12.9. The Balaban J connectivity index is 1.46. The SMILES string of the molecule is CC[Si](CC)(CC)O[C@H]1[C@H]2O[C@@H](C(=O)OC)CC(C)C2[C@@]2(C)CC[C@@]34CC35CC[C@H](C)C(C)(C)[C@@H]5CC[C@H]4[C@]12C. The molecule has 0 aromatic rings. The van der Waals surface area contributed by atoms with E-state index in [1.807, 2.05) is 0 Å². The summed E-state index contributed by atoms with van der Waals surface area (Å²) in [6.07, 6.45) is 10.1. The van der Waals surface area contributed by atoms with E-state index in [9.17, 15) is 4.79 Å². The molecule has 12 atom stereocenters. The van der Waals surface area contributed by atoms with Crippen LogP contribution in [0.5, 0.6) is 0 Å². The number of carbonyl (C=O) groups is 1. The monoisotopic (exact) mass is 572 g/mol. The van der Waals surface area contributed by atoms with Gasteiger partial charge in [0.25, 0.3) is 0 Å². The van der Waals surface area contributed by atoms with Crippen molar-refractivity contribution in [3.8, 4) is 0 Å². The fraction of sp³-hybridized carbons (Fsp3) is 0.971.